The summed E-state index contributed by atoms with van der Waals surface area (Å²) in [5.74, 6) is -0.176. The lowest BCUT2D eigenvalue weighted by Crippen LogP contribution is -2.64. The Kier molecular flexibility index (Phi) is 6.73. The summed E-state index contributed by atoms with van der Waals surface area (Å²) >= 11 is 0. The van der Waals surface area contributed by atoms with Gasteiger partial charge in [0.05, 0.1) is 0 Å². The monoisotopic (exact) mass is 387 g/mol. The molecule has 1 aliphatic heterocycles. The summed E-state index contributed by atoms with van der Waals surface area (Å²) in [6.45, 7) is 4.14. The molecule has 3 rings (SSSR count). The van der Waals surface area contributed by atoms with Crippen molar-refractivity contribution in [3.63, 3.8) is 0 Å². The quantitative estimate of drug-likeness (QED) is 0.601. The molecule has 6 nitrogen and oxygen atoms in total. The van der Waals surface area contributed by atoms with Crippen molar-refractivity contribution in [3.8, 4) is 0 Å². The number of nitrogens with one attached hydrogen (secondary N) is 2. The van der Waals surface area contributed by atoms with Gasteiger partial charge in [0.25, 0.3) is 0 Å². The van der Waals surface area contributed by atoms with Crippen LogP contribution in [0, 0.1) is 5.92 Å². The van der Waals surface area contributed by atoms with Crippen LogP contribution < -0.4 is 16.4 Å². The molecule has 4 unspecified atom stereocenters. The van der Waals surface area contributed by atoms with Gasteiger partial charge in [-0.3, -0.25) is 14.9 Å². The first-order chi connectivity index (χ1) is 13.4. The number of carbonyl (C=O) groups excluding carboxylic acids is 1. The number of nitrogens with two attached hydrogens (primary N) is 1. The molecule has 1 heterocycles. The SMILES string of the molecule is CCC1NC(C)C(C(N)=O)NC1c1ccc(C2CCC(CC(=O)O)CC2)cc1. The lowest BCUT2D eigenvalue weighted by Gasteiger charge is -2.41. The van der Waals surface area contributed by atoms with Crippen LogP contribution in [0.5, 0.6) is 0 Å². The highest BCUT2D eigenvalue weighted by atomic mass is 16.4. The van der Waals surface area contributed by atoms with Gasteiger partial charge in [0.15, 0.2) is 0 Å². The van der Waals surface area contributed by atoms with Crippen LogP contribution in [0.15, 0.2) is 24.3 Å². The molecule has 0 bridgehead atoms. The number of piperazine rings is 1. The molecule has 1 aromatic rings. The maximum absolute atomic E-state index is 11.8. The van der Waals surface area contributed by atoms with E-state index in [0.29, 0.717) is 18.3 Å². The second-order valence-electron chi connectivity index (χ2n) is 8.48. The van der Waals surface area contributed by atoms with Crippen molar-refractivity contribution in [1.29, 1.82) is 0 Å². The third kappa shape index (κ3) is 4.73. The first kappa shape index (κ1) is 20.8. The summed E-state index contributed by atoms with van der Waals surface area (Å²) in [7, 11) is 0. The Morgan fingerprint density at radius 1 is 1.07 bits per heavy atom. The minimum absolute atomic E-state index is 0.0129. The average Bonchev–Trinajstić information content (AvgIpc) is 2.68. The molecule has 0 aromatic heterocycles. The Hall–Kier alpha value is -1.92. The van der Waals surface area contributed by atoms with Gasteiger partial charge in [0.2, 0.25) is 5.91 Å². The topological polar surface area (TPSA) is 104 Å². The number of primary amides is 1. The van der Waals surface area contributed by atoms with E-state index < -0.39 is 5.97 Å². The Morgan fingerprint density at radius 3 is 2.21 bits per heavy atom. The van der Waals surface area contributed by atoms with E-state index >= 15 is 0 Å². The van der Waals surface area contributed by atoms with Crippen LogP contribution in [0.4, 0.5) is 0 Å². The number of carboxylic acids is 1. The normalized spacial score (nSPS) is 33.4. The Balaban J connectivity index is 1.66. The van der Waals surface area contributed by atoms with E-state index in [1.165, 1.54) is 11.1 Å². The van der Waals surface area contributed by atoms with Crippen LogP contribution in [-0.2, 0) is 9.59 Å². The summed E-state index contributed by atoms with van der Waals surface area (Å²) in [5, 5.41) is 16.0. The molecular weight excluding hydrogens is 354 g/mol. The Bertz CT molecular complexity index is 683. The van der Waals surface area contributed by atoms with Crippen molar-refractivity contribution in [2.45, 2.75) is 82.5 Å². The lowest BCUT2D eigenvalue weighted by atomic mass is 9.77. The largest absolute Gasteiger partial charge is 0.481 e. The van der Waals surface area contributed by atoms with Gasteiger partial charge >= 0.3 is 5.97 Å². The molecule has 0 radical (unpaired) electrons. The fourth-order valence-electron chi connectivity index (χ4n) is 4.92. The standard InChI is InChI=1S/C22H33N3O3/c1-3-18-21(25-20(22(23)28)13(2)24-18)17-10-8-16(9-11-17)15-6-4-14(5-7-15)12-19(26)27/h8-11,13-15,18,20-21,24-25H,3-7,12H2,1-2H3,(H2,23,28)(H,26,27). The second kappa shape index (κ2) is 9.05. The molecule has 28 heavy (non-hydrogen) atoms. The van der Waals surface area contributed by atoms with Gasteiger partial charge in [-0.05, 0) is 62.0 Å². The summed E-state index contributed by atoms with van der Waals surface area (Å²) < 4.78 is 0. The number of carboxylic acid groups (broad SMARTS) is 1. The van der Waals surface area contributed by atoms with Crippen LogP contribution >= 0.6 is 0 Å². The maximum Gasteiger partial charge on any atom is 0.303 e. The molecule has 1 saturated carbocycles. The molecule has 1 amide bonds. The number of benzene rings is 1. The van der Waals surface area contributed by atoms with E-state index in [9.17, 15) is 9.59 Å². The van der Waals surface area contributed by atoms with Crippen LogP contribution in [0.1, 0.15) is 75.5 Å². The van der Waals surface area contributed by atoms with Crippen LogP contribution in [-0.4, -0.2) is 35.1 Å². The fraction of sp³-hybridized carbons (Fsp3) is 0.636. The molecule has 154 valence electrons. The molecular formula is C22H33N3O3. The fourth-order valence-corrected chi connectivity index (χ4v) is 4.92. The summed E-state index contributed by atoms with van der Waals surface area (Å²) in [6.07, 6.45) is 5.34. The van der Waals surface area contributed by atoms with Gasteiger partial charge in [-0.15, -0.1) is 0 Å². The van der Waals surface area contributed by atoms with Crippen molar-refractivity contribution in [2.24, 2.45) is 11.7 Å². The highest BCUT2D eigenvalue weighted by Gasteiger charge is 2.36. The van der Waals surface area contributed by atoms with Crippen LogP contribution in [0.25, 0.3) is 0 Å². The maximum atomic E-state index is 11.8. The highest BCUT2D eigenvalue weighted by molar-refractivity contribution is 5.81. The van der Waals surface area contributed by atoms with Crippen molar-refractivity contribution >= 4 is 11.9 Å². The van der Waals surface area contributed by atoms with Gasteiger partial charge in [0.1, 0.15) is 6.04 Å². The van der Waals surface area contributed by atoms with E-state index in [1.807, 2.05) is 6.92 Å². The number of amides is 1. The predicted molar refractivity (Wildman–Crippen MR) is 109 cm³/mol. The van der Waals surface area contributed by atoms with Gasteiger partial charge in [0, 0.05) is 24.5 Å². The van der Waals surface area contributed by atoms with Gasteiger partial charge < -0.3 is 16.2 Å². The molecule has 1 aliphatic carbocycles. The molecule has 5 N–H and O–H groups in total. The zero-order valence-corrected chi connectivity index (χ0v) is 16.9. The van der Waals surface area contributed by atoms with E-state index in [0.717, 1.165) is 32.1 Å². The molecule has 2 fully saturated rings. The number of hydrogen-bond donors (Lipinski definition) is 4. The van der Waals surface area contributed by atoms with Gasteiger partial charge in [-0.25, -0.2) is 0 Å². The minimum atomic E-state index is -0.685. The lowest BCUT2D eigenvalue weighted by molar-refractivity contribution is -0.138. The zero-order chi connectivity index (χ0) is 20.3. The molecule has 6 heteroatoms. The smallest absolute Gasteiger partial charge is 0.303 e. The first-order valence-electron chi connectivity index (χ1n) is 10.5. The third-order valence-electron chi connectivity index (χ3n) is 6.56. The number of hydrogen-bond acceptors (Lipinski definition) is 4. The number of rotatable bonds is 6. The minimum Gasteiger partial charge on any atom is -0.481 e. The van der Waals surface area contributed by atoms with Gasteiger partial charge in [-0.1, -0.05) is 31.2 Å². The summed E-state index contributed by atoms with van der Waals surface area (Å²) in [5.41, 5.74) is 8.06. The van der Waals surface area contributed by atoms with Crippen molar-refractivity contribution < 1.29 is 14.7 Å². The van der Waals surface area contributed by atoms with Gasteiger partial charge in [-0.2, -0.15) is 0 Å². The van der Waals surface area contributed by atoms with E-state index in [-0.39, 0.29) is 30.1 Å². The zero-order valence-electron chi connectivity index (χ0n) is 16.9. The average molecular weight is 388 g/mol. The first-order valence-corrected chi connectivity index (χ1v) is 10.5. The molecule has 0 spiro atoms. The number of carbonyl (C=O) groups is 2. The second-order valence-corrected chi connectivity index (χ2v) is 8.48. The van der Waals surface area contributed by atoms with Crippen molar-refractivity contribution in [3.05, 3.63) is 35.4 Å². The van der Waals surface area contributed by atoms with Crippen LogP contribution in [0.2, 0.25) is 0 Å². The molecule has 1 saturated heterocycles. The molecule has 2 aliphatic rings. The van der Waals surface area contributed by atoms with Crippen molar-refractivity contribution in [2.75, 3.05) is 0 Å². The van der Waals surface area contributed by atoms with E-state index in [1.54, 1.807) is 0 Å². The predicted octanol–water partition coefficient (Wildman–Crippen LogP) is 2.69. The summed E-state index contributed by atoms with van der Waals surface area (Å²) in [4.78, 5) is 22.7. The molecule has 1 aromatic carbocycles. The van der Waals surface area contributed by atoms with E-state index in [4.69, 9.17) is 10.8 Å². The molecule has 4 atom stereocenters. The van der Waals surface area contributed by atoms with E-state index in [2.05, 4.69) is 41.8 Å². The highest BCUT2D eigenvalue weighted by Crippen LogP contribution is 2.37. The Labute approximate surface area is 167 Å². The van der Waals surface area contributed by atoms with Crippen molar-refractivity contribution in [1.82, 2.24) is 10.6 Å². The summed E-state index contributed by atoms with van der Waals surface area (Å²) in [6, 6.07) is 8.66. The van der Waals surface area contributed by atoms with Crippen LogP contribution in [0.3, 0.4) is 0 Å². The number of aliphatic carboxylic acids is 1. The Morgan fingerprint density at radius 2 is 1.68 bits per heavy atom. The third-order valence-corrected chi connectivity index (χ3v) is 6.56.